The molecule has 3 atom stereocenters. The van der Waals surface area contributed by atoms with Gasteiger partial charge in [-0.1, -0.05) is 19.3 Å². The van der Waals surface area contributed by atoms with E-state index in [-0.39, 0.29) is 6.04 Å². The summed E-state index contributed by atoms with van der Waals surface area (Å²) in [6.07, 6.45) is 10.0. The minimum atomic E-state index is -0.676. The van der Waals surface area contributed by atoms with Crippen LogP contribution in [0.4, 0.5) is 0 Å². The quantitative estimate of drug-likeness (QED) is 0.782. The fourth-order valence-electron chi connectivity index (χ4n) is 4.00. The molecule has 0 radical (unpaired) electrons. The van der Waals surface area contributed by atoms with E-state index in [9.17, 15) is 9.90 Å². The first-order valence-corrected chi connectivity index (χ1v) is 8.43. The lowest BCUT2D eigenvalue weighted by Gasteiger charge is -2.41. The molecule has 114 valence electrons. The fourth-order valence-corrected chi connectivity index (χ4v) is 4.00. The molecule has 0 aromatic carbocycles. The molecule has 0 amide bonds. The summed E-state index contributed by atoms with van der Waals surface area (Å²) in [6.45, 7) is 3.33. The third-order valence-corrected chi connectivity index (χ3v) is 5.42. The first-order valence-electron chi connectivity index (χ1n) is 8.43. The summed E-state index contributed by atoms with van der Waals surface area (Å²) in [5, 5.41) is 12.5. The molecule has 2 N–H and O–H groups in total. The molecule has 2 saturated carbocycles. The van der Waals surface area contributed by atoms with Crippen molar-refractivity contribution in [2.75, 3.05) is 19.6 Å². The largest absolute Gasteiger partial charge is 0.480 e. The number of hydrogen-bond donors (Lipinski definition) is 2. The molecule has 1 saturated heterocycles. The van der Waals surface area contributed by atoms with E-state index in [1.807, 2.05) is 0 Å². The number of rotatable bonds is 6. The van der Waals surface area contributed by atoms with Crippen molar-refractivity contribution >= 4 is 5.97 Å². The van der Waals surface area contributed by atoms with Crippen molar-refractivity contribution in [1.82, 2.24) is 10.2 Å². The maximum Gasteiger partial charge on any atom is 0.320 e. The van der Waals surface area contributed by atoms with Crippen LogP contribution in [-0.4, -0.2) is 47.7 Å². The Kier molecular flexibility index (Phi) is 4.61. The minimum Gasteiger partial charge on any atom is -0.480 e. The highest BCUT2D eigenvalue weighted by Gasteiger charge is 2.32. The van der Waals surface area contributed by atoms with Crippen LogP contribution < -0.4 is 5.32 Å². The predicted molar refractivity (Wildman–Crippen MR) is 78.7 cm³/mol. The van der Waals surface area contributed by atoms with Crippen molar-refractivity contribution in [2.24, 2.45) is 11.8 Å². The van der Waals surface area contributed by atoms with Gasteiger partial charge in [0.1, 0.15) is 6.04 Å². The first kappa shape index (κ1) is 14.3. The Hall–Kier alpha value is -0.610. The highest BCUT2D eigenvalue weighted by Crippen LogP contribution is 2.36. The van der Waals surface area contributed by atoms with E-state index < -0.39 is 5.97 Å². The summed E-state index contributed by atoms with van der Waals surface area (Å²) in [5.41, 5.74) is 0. The monoisotopic (exact) mass is 280 g/mol. The number of hydrogen-bond acceptors (Lipinski definition) is 3. The van der Waals surface area contributed by atoms with E-state index in [1.165, 1.54) is 45.2 Å². The Bertz CT molecular complexity index is 343. The van der Waals surface area contributed by atoms with Crippen molar-refractivity contribution in [2.45, 2.75) is 63.5 Å². The van der Waals surface area contributed by atoms with Crippen LogP contribution in [0.2, 0.25) is 0 Å². The lowest BCUT2D eigenvalue weighted by Crippen LogP contribution is -2.45. The zero-order valence-corrected chi connectivity index (χ0v) is 12.4. The van der Waals surface area contributed by atoms with Crippen LogP contribution in [0.25, 0.3) is 0 Å². The van der Waals surface area contributed by atoms with Gasteiger partial charge in [-0.2, -0.15) is 0 Å². The highest BCUT2D eigenvalue weighted by atomic mass is 16.4. The van der Waals surface area contributed by atoms with Gasteiger partial charge in [0.25, 0.3) is 0 Å². The highest BCUT2D eigenvalue weighted by molar-refractivity contribution is 5.73. The number of nitrogens with one attached hydrogen (secondary N) is 1. The summed E-state index contributed by atoms with van der Waals surface area (Å²) in [5.74, 6) is 1.17. The van der Waals surface area contributed by atoms with E-state index in [4.69, 9.17) is 0 Å². The van der Waals surface area contributed by atoms with Crippen LogP contribution in [0, 0.1) is 11.8 Å². The molecule has 3 rings (SSSR count). The van der Waals surface area contributed by atoms with Crippen LogP contribution in [-0.2, 0) is 4.79 Å². The smallest absolute Gasteiger partial charge is 0.320 e. The van der Waals surface area contributed by atoms with Crippen LogP contribution in [0.15, 0.2) is 0 Å². The molecule has 0 aromatic rings. The maximum atomic E-state index is 11.3. The van der Waals surface area contributed by atoms with Gasteiger partial charge in [0.15, 0.2) is 0 Å². The van der Waals surface area contributed by atoms with Crippen LogP contribution >= 0.6 is 0 Å². The predicted octanol–water partition coefficient (Wildman–Crippen LogP) is 2.09. The molecule has 1 aliphatic heterocycles. The first-order chi connectivity index (χ1) is 9.72. The second kappa shape index (κ2) is 6.44. The van der Waals surface area contributed by atoms with Gasteiger partial charge in [-0.3, -0.25) is 4.79 Å². The second-order valence-corrected chi connectivity index (χ2v) is 7.01. The Morgan fingerprint density at radius 2 is 1.90 bits per heavy atom. The summed E-state index contributed by atoms with van der Waals surface area (Å²) in [4.78, 5) is 13.8. The number of carbonyl (C=O) groups is 1. The van der Waals surface area contributed by atoms with Crippen molar-refractivity contribution < 1.29 is 9.90 Å². The van der Waals surface area contributed by atoms with Gasteiger partial charge in [-0.05, 0) is 50.5 Å². The van der Waals surface area contributed by atoms with Gasteiger partial charge in [-0.15, -0.1) is 0 Å². The van der Waals surface area contributed by atoms with Gasteiger partial charge in [0, 0.05) is 19.1 Å². The van der Waals surface area contributed by atoms with Crippen molar-refractivity contribution in [1.29, 1.82) is 0 Å². The van der Waals surface area contributed by atoms with E-state index in [2.05, 4.69) is 10.2 Å². The third-order valence-electron chi connectivity index (χ3n) is 5.42. The van der Waals surface area contributed by atoms with Crippen molar-refractivity contribution in [3.05, 3.63) is 0 Å². The summed E-state index contributed by atoms with van der Waals surface area (Å²) in [7, 11) is 0. The lowest BCUT2D eigenvalue weighted by atomic mass is 9.75. The second-order valence-electron chi connectivity index (χ2n) is 7.01. The fraction of sp³-hybridized carbons (Fsp3) is 0.938. The molecular weight excluding hydrogens is 252 g/mol. The number of nitrogens with zero attached hydrogens (tertiary/aromatic N) is 1. The molecule has 3 aliphatic rings. The van der Waals surface area contributed by atoms with Crippen molar-refractivity contribution in [3.8, 4) is 0 Å². The normalized spacial score (nSPS) is 32.6. The van der Waals surface area contributed by atoms with Crippen LogP contribution in [0.5, 0.6) is 0 Å². The molecule has 1 heterocycles. The van der Waals surface area contributed by atoms with E-state index >= 15 is 0 Å². The molecule has 0 bridgehead atoms. The third kappa shape index (κ3) is 3.73. The summed E-state index contributed by atoms with van der Waals surface area (Å²) >= 11 is 0. The molecule has 4 nitrogen and oxygen atoms in total. The molecule has 0 spiro atoms. The zero-order valence-electron chi connectivity index (χ0n) is 12.4. The molecular formula is C16H28N2O2. The summed E-state index contributed by atoms with van der Waals surface area (Å²) < 4.78 is 0. The number of piperidine rings is 1. The van der Waals surface area contributed by atoms with E-state index in [1.54, 1.807) is 0 Å². The average Bonchev–Trinajstić information content (AvgIpc) is 3.27. The number of carboxylic acids is 1. The van der Waals surface area contributed by atoms with E-state index in [0.29, 0.717) is 6.04 Å². The number of aliphatic carboxylic acids is 1. The van der Waals surface area contributed by atoms with Gasteiger partial charge >= 0.3 is 5.97 Å². The minimum absolute atomic E-state index is 0.341. The SMILES string of the molecule is O=C(O)C(CCN1CCC2CCCCC2C1)NC1CC1. The molecule has 0 aromatic heterocycles. The Morgan fingerprint density at radius 3 is 2.60 bits per heavy atom. The van der Waals surface area contributed by atoms with Gasteiger partial charge in [0.2, 0.25) is 0 Å². The summed E-state index contributed by atoms with van der Waals surface area (Å²) in [6, 6.07) is 0.131. The number of fused-ring (bicyclic) bond motifs is 1. The molecule has 3 unspecified atom stereocenters. The number of carboxylic acid groups (broad SMARTS) is 1. The average molecular weight is 280 g/mol. The zero-order chi connectivity index (χ0) is 13.9. The Labute approximate surface area is 121 Å². The Balaban J connectivity index is 1.43. The molecule has 4 heteroatoms. The Morgan fingerprint density at radius 1 is 1.15 bits per heavy atom. The lowest BCUT2D eigenvalue weighted by molar-refractivity contribution is -0.139. The molecule has 20 heavy (non-hydrogen) atoms. The molecule has 2 aliphatic carbocycles. The van der Waals surface area contributed by atoms with Gasteiger partial charge < -0.3 is 15.3 Å². The van der Waals surface area contributed by atoms with Gasteiger partial charge in [0.05, 0.1) is 0 Å². The van der Waals surface area contributed by atoms with Crippen LogP contribution in [0.1, 0.15) is 51.4 Å². The van der Waals surface area contributed by atoms with E-state index in [0.717, 1.165) is 37.6 Å². The maximum absolute atomic E-state index is 11.3. The van der Waals surface area contributed by atoms with Crippen molar-refractivity contribution in [3.63, 3.8) is 0 Å². The van der Waals surface area contributed by atoms with Gasteiger partial charge in [-0.25, -0.2) is 0 Å². The molecule has 3 fully saturated rings. The van der Waals surface area contributed by atoms with Crippen LogP contribution in [0.3, 0.4) is 0 Å². The number of likely N-dealkylation sites (tertiary alicyclic amines) is 1. The standard InChI is InChI=1S/C16H28N2O2/c19-16(20)15(17-14-5-6-14)8-10-18-9-7-12-3-1-2-4-13(12)11-18/h12-15,17H,1-11H2,(H,19,20). The topological polar surface area (TPSA) is 52.6 Å².